The van der Waals surface area contributed by atoms with Gasteiger partial charge in [-0.3, -0.25) is 0 Å². The summed E-state index contributed by atoms with van der Waals surface area (Å²) < 4.78 is 31.7. The Hall–Kier alpha value is -1.76. The van der Waals surface area contributed by atoms with Crippen molar-refractivity contribution >= 4 is 11.7 Å². The van der Waals surface area contributed by atoms with Gasteiger partial charge in [0.15, 0.2) is 0 Å². The number of rotatable bonds is 0. The summed E-state index contributed by atoms with van der Waals surface area (Å²) in [6.45, 7) is 4.63. The minimum atomic E-state index is -5.08. The monoisotopic (exact) mass is 370 g/mol. The molecule has 3 aliphatic rings. The first kappa shape index (κ1) is 19.0. The third-order valence-electron chi connectivity index (χ3n) is 5.79. The minimum Gasteiger partial charge on any atom is -0.475 e. The van der Waals surface area contributed by atoms with Crippen molar-refractivity contribution in [1.82, 2.24) is 5.32 Å². The van der Waals surface area contributed by atoms with Gasteiger partial charge >= 0.3 is 12.1 Å². The maximum Gasteiger partial charge on any atom is 0.490 e. The second kappa shape index (κ2) is 7.47. The number of nitrogens with one attached hydrogen (secondary N) is 1. The van der Waals surface area contributed by atoms with Crippen molar-refractivity contribution in [2.24, 2.45) is 0 Å². The SMILES string of the molecule is O=C(O)C(F)(F)F.c1cc2c3c(c1)C1(CCCCC1)CCN3CCNC2. The van der Waals surface area contributed by atoms with Crippen LogP contribution in [0.25, 0.3) is 0 Å². The lowest BCUT2D eigenvalue weighted by molar-refractivity contribution is -0.192. The molecule has 0 radical (unpaired) electrons. The van der Waals surface area contributed by atoms with Crippen LogP contribution in [0.1, 0.15) is 49.7 Å². The Morgan fingerprint density at radius 3 is 2.46 bits per heavy atom. The molecule has 0 unspecified atom stereocenters. The van der Waals surface area contributed by atoms with Gasteiger partial charge < -0.3 is 15.3 Å². The molecule has 2 aliphatic heterocycles. The molecule has 2 N–H and O–H groups in total. The summed E-state index contributed by atoms with van der Waals surface area (Å²) >= 11 is 0. The maximum absolute atomic E-state index is 10.6. The van der Waals surface area contributed by atoms with E-state index in [1.165, 1.54) is 57.2 Å². The summed E-state index contributed by atoms with van der Waals surface area (Å²) in [6.07, 6.45) is 3.45. The number of anilines is 1. The molecule has 0 amide bonds. The molecule has 7 heteroatoms. The predicted octanol–water partition coefficient (Wildman–Crippen LogP) is 3.84. The van der Waals surface area contributed by atoms with Gasteiger partial charge in [-0.2, -0.15) is 13.2 Å². The van der Waals surface area contributed by atoms with Gasteiger partial charge in [-0.25, -0.2) is 4.79 Å². The van der Waals surface area contributed by atoms with E-state index in [1.54, 1.807) is 11.3 Å². The van der Waals surface area contributed by atoms with E-state index in [2.05, 4.69) is 28.4 Å². The van der Waals surface area contributed by atoms with Crippen molar-refractivity contribution in [2.45, 2.75) is 56.7 Å². The second-order valence-electron chi connectivity index (χ2n) is 7.37. The van der Waals surface area contributed by atoms with Gasteiger partial charge in [0, 0.05) is 31.9 Å². The molecule has 1 aromatic carbocycles. The molecule has 0 bridgehead atoms. The van der Waals surface area contributed by atoms with Crippen LogP contribution in [-0.2, 0) is 16.8 Å². The highest BCUT2D eigenvalue weighted by Gasteiger charge is 2.40. The molecule has 4 nitrogen and oxygen atoms in total. The largest absolute Gasteiger partial charge is 0.490 e. The third kappa shape index (κ3) is 3.82. The van der Waals surface area contributed by atoms with Crippen molar-refractivity contribution in [2.75, 3.05) is 24.5 Å². The Labute approximate surface area is 151 Å². The quantitative estimate of drug-likeness (QED) is 0.729. The zero-order valence-corrected chi connectivity index (χ0v) is 14.7. The zero-order chi connectivity index (χ0) is 18.8. The number of carboxylic acids is 1. The Kier molecular flexibility index (Phi) is 5.46. The highest BCUT2D eigenvalue weighted by molar-refractivity contribution is 5.73. The first-order valence-electron chi connectivity index (χ1n) is 9.22. The van der Waals surface area contributed by atoms with Crippen molar-refractivity contribution in [3.63, 3.8) is 0 Å². The van der Waals surface area contributed by atoms with E-state index in [4.69, 9.17) is 9.90 Å². The number of carboxylic acid groups (broad SMARTS) is 1. The number of hydrogen-bond acceptors (Lipinski definition) is 3. The molecule has 1 saturated carbocycles. The van der Waals surface area contributed by atoms with Gasteiger partial charge in [0.05, 0.1) is 0 Å². The topological polar surface area (TPSA) is 52.6 Å². The fourth-order valence-electron chi connectivity index (χ4n) is 4.54. The van der Waals surface area contributed by atoms with Gasteiger partial charge in [0.1, 0.15) is 0 Å². The van der Waals surface area contributed by atoms with Gasteiger partial charge in [-0.1, -0.05) is 37.5 Å². The number of para-hydroxylation sites is 1. The van der Waals surface area contributed by atoms with E-state index in [0.717, 1.165) is 13.1 Å². The van der Waals surface area contributed by atoms with E-state index in [9.17, 15) is 13.2 Å². The average molecular weight is 370 g/mol. The summed E-state index contributed by atoms with van der Waals surface area (Å²) in [5.74, 6) is -2.76. The number of carbonyl (C=O) groups is 1. The van der Waals surface area contributed by atoms with Crippen molar-refractivity contribution in [1.29, 1.82) is 0 Å². The number of nitrogens with zero attached hydrogens (tertiary/aromatic N) is 1. The first-order chi connectivity index (χ1) is 12.3. The number of alkyl halides is 3. The third-order valence-corrected chi connectivity index (χ3v) is 5.79. The summed E-state index contributed by atoms with van der Waals surface area (Å²) in [6, 6.07) is 7.05. The fourth-order valence-corrected chi connectivity index (χ4v) is 4.54. The van der Waals surface area contributed by atoms with Crippen molar-refractivity contribution < 1.29 is 23.1 Å². The van der Waals surface area contributed by atoms with Crippen LogP contribution in [-0.4, -0.2) is 36.9 Å². The number of aliphatic carboxylic acids is 1. The predicted molar refractivity (Wildman–Crippen MR) is 93.4 cm³/mol. The smallest absolute Gasteiger partial charge is 0.475 e. The van der Waals surface area contributed by atoms with Crippen LogP contribution in [0, 0.1) is 0 Å². The molecule has 144 valence electrons. The normalized spacial score (nSPS) is 21.3. The van der Waals surface area contributed by atoms with Crippen LogP contribution < -0.4 is 10.2 Å². The Morgan fingerprint density at radius 1 is 1.12 bits per heavy atom. The molecular weight excluding hydrogens is 345 g/mol. The Bertz CT molecular complexity index is 655. The van der Waals surface area contributed by atoms with Gasteiger partial charge in [-0.15, -0.1) is 0 Å². The minimum absolute atomic E-state index is 0.518. The number of halogens is 3. The molecule has 1 spiro atoms. The molecule has 0 saturated heterocycles. The van der Waals surface area contributed by atoms with Crippen molar-refractivity contribution in [3.8, 4) is 0 Å². The Morgan fingerprint density at radius 2 is 1.81 bits per heavy atom. The van der Waals surface area contributed by atoms with E-state index in [-0.39, 0.29) is 0 Å². The van der Waals surface area contributed by atoms with E-state index >= 15 is 0 Å². The van der Waals surface area contributed by atoms with E-state index < -0.39 is 12.1 Å². The summed E-state index contributed by atoms with van der Waals surface area (Å²) in [5.41, 5.74) is 5.32. The highest BCUT2D eigenvalue weighted by Crippen LogP contribution is 2.49. The molecule has 26 heavy (non-hydrogen) atoms. The summed E-state index contributed by atoms with van der Waals surface area (Å²) in [7, 11) is 0. The van der Waals surface area contributed by atoms with Crippen LogP contribution in [0.4, 0.5) is 18.9 Å². The molecule has 1 aromatic rings. The van der Waals surface area contributed by atoms with Crippen LogP contribution >= 0.6 is 0 Å². The molecule has 0 aromatic heterocycles. The highest BCUT2D eigenvalue weighted by atomic mass is 19.4. The average Bonchev–Trinajstić information content (AvgIpc) is 2.82. The molecular formula is C19H25F3N2O2. The molecule has 2 heterocycles. The van der Waals surface area contributed by atoms with E-state index in [0.29, 0.717) is 5.41 Å². The summed E-state index contributed by atoms with van der Waals surface area (Å²) in [5, 5.41) is 10.7. The van der Waals surface area contributed by atoms with Crippen LogP contribution in [0.15, 0.2) is 18.2 Å². The maximum atomic E-state index is 10.6. The number of fused-ring (bicyclic) bond motifs is 1. The number of benzene rings is 1. The number of hydrogen-bond donors (Lipinski definition) is 2. The van der Waals surface area contributed by atoms with Gasteiger partial charge in [0.2, 0.25) is 0 Å². The lowest BCUT2D eigenvalue weighted by Crippen LogP contribution is -2.42. The molecule has 0 atom stereocenters. The van der Waals surface area contributed by atoms with Crippen LogP contribution in [0.3, 0.4) is 0 Å². The molecule has 1 fully saturated rings. The van der Waals surface area contributed by atoms with Gasteiger partial charge in [0.25, 0.3) is 0 Å². The zero-order valence-electron chi connectivity index (χ0n) is 14.7. The molecule has 4 rings (SSSR count). The van der Waals surface area contributed by atoms with E-state index in [1.807, 2.05) is 0 Å². The fraction of sp³-hybridized carbons (Fsp3) is 0.632. The lowest BCUT2D eigenvalue weighted by Gasteiger charge is -2.46. The first-order valence-corrected chi connectivity index (χ1v) is 9.22. The van der Waals surface area contributed by atoms with Crippen LogP contribution in [0.2, 0.25) is 0 Å². The second-order valence-corrected chi connectivity index (χ2v) is 7.37. The Balaban J connectivity index is 0.000000242. The lowest BCUT2D eigenvalue weighted by atomic mass is 9.65. The summed E-state index contributed by atoms with van der Waals surface area (Å²) in [4.78, 5) is 11.5. The molecule has 1 aliphatic carbocycles. The van der Waals surface area contributed by atoms with Crippen molar-refractivity contribution in [3.05, 3.63) is 29.3 Å². The van der Waals surface area contributed by atoms with Gasteiger partial charge in [-0.05, 0) is 35.8 Å². The standard InChI is InChI=1S/C17H24N2.C2HF3O2/c1-2-7-17(8-3-1)9-11-19-12-10-18-13-14-5-4-6-15(17)16(14)19;3-2(4,5)1(6)7/h4-6,18H,1-3,7-13H2;(H,6,7). The van der Waals surface area contributed by atoms with Crippen LogP contribution in [0.5, 0.6) is 0 Å².